The number of halogens is 2. The normalized spacial score (nSPS) is 15.2. The molecule has 0 saturated heterocycles. The third-order valence-corrected chi connectivity index (χ3v) is 7.11. The molecule has 4 rings (SSSR count). The Morgan fingerprint density at radius 2 is 1.83 bits per heavy atom. The first-order valence-corrected chi connectivity index (χ1v) is 12.6. The molecule has 3 aromatic rings. The molecule has 35 heavy (non-hydrogen) atoms. The van der Waals surface area contributed by atoms with Crippen molar-refractivity contribution in [2.75, 3.05) is 13.1 Å². The molecule has 1 atom stereocenters. The average molecular weight is 480 g/mol. The van der Waals surface area contributed by atoms with Crippen molar-refractivity contribution in [3.63, 3.8) is 0 Å². The fraction of sp³-hybridized carbons (Fsp3) is 0.414. The van der Waals surface area contributed by atoms with E-state index in [-0.39, 0.29) is 17.5 Å². The van der Waals surface area contributed by atoms with E-state index < -0.39 is 11.6 Å². The second-order valence-corrected chi connectivity index (χ2v) is 9.59. The molecular formula is C29H35F2N3O. The smallest absolute Gasteiger partial charge is 0.220 e. The first-order valence-electron chi connectivity index (χ1n) is 12.6. The average Bonchev–Trinajstić information content (AvgIpc) is 3.27. The second-order valence-electron chi connectivity index (χ2n) is 9.59. The van der Waals surface area contributed by atoms with Crippen molar-refractivity contribution in [2.24, 2.45) is 11.7 Å². The summed E-state index contributed by atoms with van der Waals surface area (Å²) >= 11 is 0. The van der Waals surface area contributed by atoms with Gasteiger partial charge in [0.2, 0.25) is 5.91 Å². The lowest BCUT2D eigenvalue weighted by molar-refractivity contribution is -0.133. The van der Waals surface area contributed by atoms with Gasteiger partial charge in [-0.05, 0) is 61.6 Å². The van der Waals surface area contributed by atoms with Gasteiger partial charge in [0, 0.05) is 43.0 Å². The highest BCUT2D eigenvalue weighted by atomic mass is 19.1. The molecule has 1 fully saturated rings. The number of amides is 1. The number of aromatic nitrogens is 1. The largest absolute Gasteiger partial charge is 0.345 e. The Balaban J connectivity index is 1.85. The number of rotatable bonds is 9. The Bertz CT molecular complexity index is 1120. The lowest BCUT2D eigenvalue weighted by Crippen LogP contribution is -2.40. The zero-order valence-electron chi connectivity index (χ0n) is 20.4. The van der Waals surface area contributed by atoms with Gasteiger partial charge in [-0.15, -0.1) is 0 Å². The zero-order chi connectivity index (χ0) is 24.8. The molecule has 6 heteroatoms. The topological polar surface area (TPSA) is 51.3 Å². The molecule has 0 spiro atoms. The van der Waals surface area contributed by atoms with E-state index in [9.17, 15) is 13.6 Å². The van der Waals surface area contributed by atoms with Crippen LogP contribution in [0.1, 0.15) is 62.7 Å². The van der Waals surface area contributed by atoms with Gasteiger partial charge in [0.15, 0.2) is 0 Å². The molecule has 0 radical (unpaired) electrons. The van der Waals surface area contributed by atoms with Gasteiger partial charge in [0.25, 0.3) is 0 Å². The third-order valence-electron chi connectivity index (χ3n) is 7.11. The molecule has 1 aliphatic rings. The van der Waals surface area contributed by atoms with E-state index in [2.05, 4.69) is 16.7 Å². The van der Waals surface area contributed by atoms with Crippen molar-refractivity contribution < 1.29 is 13.6 Å². The quantitative estimate of drug-likeness (QED) is 0.392. The van der Waals surface area contributed by atoms with Gasteiger partial charge in [-0.3, -0.25) is 4.79 Å². The molecule has 1 unspecified atom stereocenters. The van der Waals surface area contributed by atoms with Crippen molar-refractivity contribution >= 4 is 5.91 Å². The van der Waals surface area contributed by atoms with Crippen LogP contribution in [0.5, 0.6) is 0 Å². The van der Waals surface area contributed by atoms with Crippen LogP contribution in [-0.2, 0) is 11.3 Å². The molecule has 1 aromatic heterocycles. The number of carbonyl (C=O) groups excluding carboxylic acids is 1. The molecular weight excluding hydrogens is 444 g/mol. The standard InChI is InChI=1S/C29H35F2N3O/c1-21(35)34(16-8-15-32)29(23-11-6-3-7-12-23)28-17-24(26-18-25(30)13-14-27(26)31)20-33(28)19-22-9-4-2-5-10-22/h2,4-5,9-10,13-14,17-18,20,23,29H,3,6-8,11-12,15-16,19,32H2,1H3. The van der Waals surface area contributed by atoms with Crippen LogP contribution in [0.25, 0.3) is 11.1 Å². The first kappa shape index (κ1) is 25.1. The fourth-order valence-electron chi connectivity index (χ4n) is 5.42. The highest BCUT2D eigenvalue weighted by Crippen LogP contribution is 2.41. The van der Waals surface area contributed by atoms with Crippen LogP contribution >= 0.6 is 0 Å². The van der Waals surface area contributed by atoms with Crippen LogP contribution in [0, 0.1) is 17.6 Å². The Labute approximate surface area is 206 Å². The Morgan fingerprint density at radius 3 is 2.51 bits per heavy atom. The summed E-state index contributed by atoms with van der Waals surface area (Å²) in [5.74, 6) is -0.619. The molecule has 0 bridgehead atoms. The van der Waals surface area contributed by atoms with E-state index in [1.54, 1.807) is 6.92 Å². The monoisotopic (exact) mass is 479 g/mol. The van der Waals surface area contributed by atoms with Gasteiger partial charge in [0.05, 0.1) is 6.04 Å². The van der Waals surface area contributed by atoms with E-state index in [4.69, 9.17) is 5.73 Å². The number of nitrogens with zero attached hydrogens (tertiary/aromatic N) is 2. The van der Waals surface area contributed by atoms with Crippen molar-refractivity contribution in [1.82, 2.24) is 9.47 Å². The molecule has 2 aromatic carbocycles. The minimum atomic E-state index is -0.476. The molecule has 0 aliphatic heterocycles. The van der Waals surface area contributed by atoms with E-state index >= 15 is 0 Å². The Hall–Kier alpha value is -2.99. The van der Waals surface area contributed by atoms with Crippen LogP contribution in [0.2, 0.25) is 0 Å². The molecule has 1 heterocycles. The third kappa shape index (κ3) is 5.99. The van der Waals surface area contributed by atoms with Crippen LogP contribution in [-0.4, -0.2) is 28.5 Å². The first-order chi connectivity index (χ1) is 17.0. The summed E-state index contributed by atoms with van der Waals surface area (Å²) in [5, 5.41) is 0. The summed E-state index contributed by atoms with van der Waals surface area (Å²) in [4.78, 5) is 14.9. The summed E-state index contributed by atoms with van der Waals surface area (Å²) in [6, 6.07) is 15.4. The summed E-state index contributed by atoms with van der Waals surface area (Å²) in [6.45, 7) is 3.28. The Kier molecular flexibility index (Phi) is 8.34. The van der Waals surface area contributed by atoms with Crippen LogP contribution < -0.4 is 5.73 Å². The highest BCUT2D eigenvalue weighted by molar-refractivity contribution is 5.74. The van der Waals surface area contributed by atoms with E-state index in [0.29, 0.717) is 37.5 Å². The van der Waals surface area contributed by atoms with Crippen LogP contribution in [0.3, 0.4) is 0 Å². The summed E-state index contributed by atoms with van der Waals surface area (Å²) in [7, 11) is 0. The molecule has 2 N–H and O–H groups in total. The summed E-state index contributed by atoms with van der Waals surface area (Å²) < 4.78 is 31.0. The predicted octanol–water partition coefficient (Wildman–Crippen LogP) is 6.30. The van der Waals surface area contributed by atoms with Gasteiger partial charge in [-0.25, -0.2) is 8.78 Å². The van der Waals surface area contributed by atoms with Crippen molar-refractivity contribution in [3.8, 4) is 11.1 Å². The second kappa shape index (κ2) is 11.6. The number of hydrogen-bond donors (Lipinski definition) is 1. The van der Waals surface area contributed by atoms with Crippen molar-refractivity contribution in [3.05, 3.63) is 83.7 Å². The number of nitrogens with two attached hydrogens (primary N) is 1. The van der Waals surface area contributed by atoms with Gasteiger partial charge >= 0.3 is 0 Å². The zero-order valence-corrected chi connectivity index (χ0v) is 20.4. The highest BCUT2D eigenvalue weighted by Gasteiger charge is 2.34. The molecule has 186 valence electrons. The van der Waals surface area contributed by atoms with E-state index in [1.807, 2.05) is 35.4 Å². The molecule has 1 aliphatic carbocycles. The minimum Gasteiger partial charge on any atom is -0.345 e. The summed E-state index contributed by atoms with van der Waals surface area (Å²) in [5.41, 5.74) is 8.74. The SMILES string of the molecule is CC(=O)N(CCCN)C(c1cc(-c2cc(F)ccc2F)cn1Cc1ccccc1)C1CCCCC1. The maximum absolute atomic E-state index is 14.8. The summed E-state index contributed by atoms with van der Waals surface area (Å²) in [6.07, 6.45) is 8.17. The molecule has 1 saturated carbocycles. The lowest BCUT2D eigenvalue weighted by Gasteiger charge is -2.39. The maximum atomic E-state index is 14.8. The molecule has 1 amide bonds. The number of hydrogen-bond acceptors (Lipinski definition) is 2. The minimum absolute atomic E-state index is 0.0139. The van der Waals surface area contributed by atoms with Crippen molar-refractivity contribution in [2.45, 2.75) is 58.0 Å². The maximum Gasteiger partial charge on any atom is 0.220 e. The van der Waals surface area contributed by atoms with Gasteiger partial charge < -0.3 is 15.2 Å². The van der Waals surface area contributed by atoms with E-state index in [1.165, 1.54) is 18.6 Å². The lowest BCUT2D eigenvalue weighted by atomic mass is 9.81. The molecule has 4 nitrogen and oxygen atoms in total. The van der Waals surface area contributed by atoms with Gasteiger partial charge in [-0.1, -0.05) is 49.6 Å². The van der Waals surface area contributed by atoms with Gasteiger partial charge in [0.1, 0.15) is 11.6 Å². The van der Waals surface area contributed by atoms with Gasteiger partial charge in [-0.2, -0.15) is 0 Å². The van der Waals surface area contributed by atoms with Crippen LogP contribution in [0.4, 0.5) is 8.78 Å². The van der Waals surface area contributed by atoms with Crippen LogP contribution in [0.15, 0.2) is 60.8 Å². The van der Waals surface area contributed by atoms with E-state index in [0.717, 1.165) is 43.0 Å². The fourth-order valence-corrected chi connectivity index (χ4v) is 5.42. The van der Waals surface area contributed by atoms with Crippen molar-refractivity contribution in [1.29, 1.82) is 0 Å². The predicted molar refractivity (Wildman–Crippen MR) is 136 cm³/mol. The number of benzene rings is 2. The number of carbonyl (C=O) groups is 1. The Morgan fingerprint density at radius 1 is 1.09 bits per heavy atom.